The van der Waals surface area contributed by atoms with Crippen LogP contribution < -0.4 is 4.74 Å². The first-order chi connectivity index (χ1) is 7.67. The molecule has 1 aromatic carbocycles. The first-order valence-corrected chi connectivity index (χ1v) is 5.12. The third-order valence-corrected chi connectivity index (χ3v) is 2.31. The number of ether oxygens (including phenoxy) is 2. The van der Waals surface area contributed by atoms with Crippen LogP contribution in [0.4, 0.5) is 0 Å². The van der Waals surface area contributed by atoms with Gasteiger partial charge in [-0.05, 0) is 17.7 Å². The summed E-state index contributed by atoms with van der Waals surface area (Å²) in [6, 6.07) is 5.40. The molecule has 0 bridgehead atoms. The zero-order chi connectivity index (χ0) is 12.0. The van der Waals surface area contributed by atoms with Gasteiger partial charge in [0.25, 0.3) is 0 Å². The van der Waals surface area contributed by atoms with Crippen molar-refractivity contribution >= 4 is 23.6 Å². The van der Waals surface area contributed by atoms with Crippen LogP contribution in [0.25, 0.3) is 6.08 Å². The molecule has 0 amide bonds. The van der Waals surface area contributed by atoms with Gasteiger partial charge in [-0.25, -0.2) is 0 Å². The second-order valence-corrected chi connectivity index (χ2v) is 3.48. The summed E-state index contributed by atoms with van der Waals surface area (Å²) in [4.78, 5) is 10.9. The number of halogens is 1. The van der Waals surface area contributed by atoms with Crippen LogP contribution in [-0.4, -0.2) is 20.2 Å². The van der Waals surface area contributed by atoms with Crippen LogP contribution in [0.3, 0.4) is 0 Å². The average molecular weight is 241 g/mol. The molecule has 0 aliphatic heterocycles. The quantitative estimate of drug-likeness (QED) is 0.759. The fourth-order valence-corrected chi connectivity index (χ4v) is 1.35. The molecule has 16 heavy (non-hydrogen) atoms. The Kier molecular flexibility index (Phi) is 4.86. The lowest BCUT2D eigenvalue weighted by Crippen LogP contribution is -1.96. The molecule has 86 valence electrons. The molecule has 0 saturated carbocycles. The molecule has 0 atom stereocenters. The lowest BCUT2D eigenvalue weighted by molar-refractivity contribution is -0.139. The van der Waals surface area contributed by atoms with Gasteiger partial charge in [0.2, 0.25) is 0 Å². The van der Waals surface area contributed by atoms with Gasteiger partial charge in [0.15, 0.2) is 0 Å². The topological polar surface area (TPSA) is 35.5 Å². The Morgan fingerprint density at radius 2 is 2.19 bits per heavy atom. The van der Waals surface area contributed by atoms with Crippen molar-refractivity contribution in [2.45, 2.75) is 6.42 Å². The smallest absolute Gasteiger partial charge is 0.309 e. The lowest BCUT2D eigenvalue weighted by Gasteiger charge is -2.03. The van der Waals surface area contributed by atoms with Crippen molar-refractivity contribution in [1.82, 2.24) is 0 Å². The van der Waals surface area contributed by atoms with Crippen molar-refractivity contribution in [3.63, 3.8) is 0 Å². The zero-order valence-corrected chi connectivity index (χ0v) is 9.95. The predicted molar refractivity (Wildman–Crippen MR) is 63.7 cm³/mol. The summed E-state index contributed by atoms with van der Waals surface area (Å²) in [6.45, 7) is 0. The number of hydrogen-bond acceptors (Lipinski definition) is 3. The number of hydrogen-bond donors (Lipinski definition) is 0. The van der Waals surface area contributed by atoms with Gasteiger partial charge in [-0.15, -0.1) is 0 Å². The van der Waals surface area contributed by atoms with E-state index < -0.39 is 0 Å². The molecule has 0 aromatic heterocycles. The van der Waals surface area contributed by atoms with Crippen molar-refractivity contribution in [2.75, 3.05) is 14.2 Å². The van der Waals surface area contributed by atoms with Crippen LogP contribution in [0.15, 0.2) is 24.3 Å². The number of rotatable bonds is 4. The van der Waals surface area contributed by atoms with Crippen molar-refractivity contribution < 1.29 is 14.3 Å². The Balaban J connectivity index is 2.70. The van der Waals surface area contributed by atoms with E-state index in [1.165, 1.54) is 7.11 Å². The van der Waals surface area contributed by atoms with Crippen molar-refractivity contribution in [2.24, 2.45) is 0 Å². The Hall–Kier alpha value is -1.48. The average Bonchev–Trinajstić information content (AvgIpc) is 2.31. The molecule has 0 heterocycles. The highest BCUT2D eigenvalue weighted by Gasteiger charge is 2.00. The van der Waals surface area contributed by atoms with E-state index in [1.807, 2.05) is 12.1 Å². The first-order valence-electron chi connectivity index (χ1n) is 4.74. The van der Waals surface area contributed by atoms with Crippen LogP contribution in [0.2, 0.25) is 5.02 Å². The highest BCUT2D eigenvalue weighted by Crippen LogP contribution is 2.25. The minimum absolute atomic E-state index is 0.251. The van der Waals surface area contributed by atoms with E-state index >= 15 is 0 Å². The maximum Gasteiger partial charge on any atom is 0.309 e. The summed E-state index contributed by atoms with van der Waals surface area (Å²) in [7, 11) is 2.92. The fourth-order valence-electron chi connectivity index (χ4n) is 1.15. The minimum Gasteiger partial charge on any atom is -0.495 e. The van der Waals surface area contributed by atoms with Gasteiger partial charge in [-0.3, -0.25) is 4.79 Å². The Morgan fingerprint density at radius 1 is 1.44 bits per heavy atom. The molecule has 0 saturated heterocycles. The molecule has 1 rings (SSSR count). The van der Waals surface area contributed by atoms with Crippen molar-refractivity contribution in [3.05, 3.63) is 34.9 Å². The van der Waals surface area contributed by atoms with Gasteiger partial charge >= 0.3 is 5.97 Å². The van der Waals surface area contributed by atoms with Gasteiger partial charge in [-0.2, -0.15) is 0 Å². The Morgan fingerprint density at radius 3 is 2.81 bits per heavy atom. The summed E-state index contributed by atoms with van der Waals surface area (Å²) in [6.07, 6.45) is 3.80. The van der Waals surface area contributed by atoms with Gasteiger partial charge in [-0.1, -0.05) is 29.8 Å². The standard InChI is InChI=1S/C12H13ClO3/c1-15-11-8-9(6-7-10(11)13)4-3-5-12(14)16-2/h3-4,6-8H,5H2,1-2H3. The molecular weight excluding hydrogens is 228 g/mol. The van der Waals surface area contributed by atoms with E-state index in [0.29, 0.717) is 10.8 Å². The summed E-state index contributed by atoms with van der Waals surface area (Å²) in [5, 5.41) is 0.563. The number of carbonyl (C=O) groups is 1. The molecule has 0 N–H and O–H groups in total. The highest BCUT2D eigenvalue weighted by atomic mass is 35.5. The molecule has 1 aromatic rings. The Labute approximate surface area is 99.6 Å². The van der Waals surface area contributed by atoms with Crippen LogP contribution >= 0.6 is 11.6 Å². The summed E-state index contributed by atoms with van der Waals surface area (Å²) in [5.41, 5.74) is 0.921. The van der Waals surface area contributed by atoms with Gasteiger partial charge < -0.3 is 9.47 Å². The number of carbonyl (C=O) groups excluding carboxylic acids is 1. The molecular formula is C12H13ClO3. The van der Waals surface area contributed by atoms with Crippen molar-refractivity contribution in [3.8, 4) is 5.75 Å². The summed E-state index contributed by atoms with van der Waals surface area (Å²) >= 11 is 5.88. The first kappa shape index (κ1) is 12.6. The molecule has 3 nitrogen and oxygen atoms in total. The predicted octanol–water partition coefficient (Wildman–Crippen LogP) is 2.92. The molecule has 0 aliphatic carbocycles. The van der Waals surface area contributed by atoms with Crippen molar-refractivity contribution in [1.29, 1.82) is 0 Å². The third-order valence-electron chi connectivity index (χ3n) is 2.00. The summed E-state index contributed by atoms with van der Waals surface area (Å²) < 4.78 is 9.59. The van der Waals surface area contributed by atoms with Crippen LogP contribution in [0.5, 0.6) is 5.75 Å². The van der Waals surface area contributed by atoms with E-state index in [9.17, 15) is 4.79 Å². The van der Waals surface area contributed by atoms with E-state index in [2.05, 4.69) is 4.74 Å². The number of methoxy groups -OCH3 is 2. The number of esters is 1. The second kappa shape index (κ2) is 6.18. The van der Waals surface area contributed by atoms with E-state index in [4.69, 9.17) is 16.3 Å². The van der Waals surface area contributed by atoms with Gasteiger partial charge in [0.05, 0.1) is 25.7 Å². The van der Waals surface area contributed by atoms with Crippen LogP contribution in [0.1, 0.15) is 12.0 Å². The normalized spacial score (nSPS) is 10.4. The third kappa shape index (κ3) is 3.59. The maximum absolute atomic E-state index is 10.9. The molecule has 0 radical (unpaired) electrons. The molecule has 0 aliphatic rings. The molecule has 0 fully saturated rings. The lowest BCUT2D eigenvalue weighted by atomic mass is 10.2. The minimum atomic E-state index is -0.267. The number of benzene rings is 1. The highest BCUT2D eigenvalue weighted by molar-refractivity contribution is 6.32. The van der Waals surface area contributed by atoms with E-state index in [0.717, 1.165) is 5.56 Å². The molecule has 4 heteroatoms. The monoisotopic (exact) mass is 240 g/mol. The SMILES string of the molecule is COC(=O)CC=Cc1ccc(Cl)c(OC)c1. The van der Waals surface area contributed by atoms with Gasteiger partial charge in [0, 0.05) is 0 Å². The summed E-state index contributed by atoms with van der Waals surface area (Å²) in [5.74, 6) is 0.346. The Bertz CT molecular complexity index is 399. The van der Waals surface area contributed by atoms with Crippen LogP contribution in [-0.2, 0) is 9.53 Å². The largest absolute Gasteiger partial charge is 0.495 e. The second-order valence-electron chi connectivity index (χ2n) is 3.08. The van der Waals surface area contributed by atoms with Crippen LogP contribution in [0, 0.1) is 0 Å². The zero-order valence-electron chi connectivity index (χ0n) is 9.20. The van der Waals surface area contributed by atoms with E-state index in [-0.39, 0.29) is 12.4 Å². The maximum atomic E-state index is 10.9. The molecule has 0 spiro atoms. The van der Waals surface area contributed by atoms with Gasteiger partial charge in [0.1, 0.15) is 5.75 Å². The fraction of sp³-hybridized carbons (Fsp3) is 0.250. The molecule has 0 unspecified atom stereocenters. The van der Waals surface area contributed by atoms with E-state index in [1.54, 1.807) is 25.3 Å².